The van der Waals surface area contributed by atoms with Gasteiger partial charge in [0.25, 0.3) is 0 Å². The van der Waals surface area contributed by atoms with E-state index in [-0.39, 0.29) is 16.7 Å². The Balaban J connectivity index is 1.20. The van der Waals surface area contributed by atoms with Gasteiger partial charge in [0.1, 0.15) is 11.3 Å². The number of halogens is 1. The topological polar surface area (TPSA) is 89.7 Å². The maximum Gasteiger partial charge on any atom is 0.222 e. The Hall–Kier alpha value is -2.58. The van der Waals surface area contributed by atoms with E-state index < -0.39 is 9.84 Å². The van der Waals surface area contributed by atoms with Crippen LogP contribution in [0.1, 0.15) is 37.5 Å². The lowest BCUT2D eigenvalue weighted by atomic mass is 9.96. The zero-order valence-electron chi connectivity index (χ0n) is 17.8. The van der Waals surface area contributed by atoms with E-state index in [1.165, 1.54) is 18.4 Å². The molecule has 170 valence electrons. The van der Waals surface area contributed by atoms with E-state index in [2.05, 4.69) is 4.98 Å². The highest BCUT2D eigenvalue weighted by atomic mass is 35.5. The summed E-state index contributed by atoms with van der Waals surface area (Å²) < 4.78 is 34.5. The van der Waals surface area contributed by atoms with Crippen LogP contribution in [0.2, 0.25) is 5.02 Å². The number of likely N-dealkylation sites (tertiary alicyclic amines) is 1. The minimum Gasteiger partial charge on any atom is -0.494 e. The largest absolute Gasteiger partial charge is 0.494 e. The summed E-state index contributed by atoms with van der Waals surface area (Å²) in [4.78, 5) is 19.2. The standard InChI is InChI=1S/C23H25ClN2O5S/c1-32(28,29)19-7-5-18(6-8-19)30-14-2-3-22(27)26-12-10-16(11-13-26)23-25-20-15-17(24)4-9-21(20)31-23/h4-9,15-16H,2-3,10-14H2,1H3. The molecule has 0 N–H and O–H groups in total. The summed E-state index contributed by atoms with van der Waals surface area (Å²) in [5, 5.41) is 0.632. The fourth-order valence-corrected chi connectivity index (χ4v) is 4.62. The number of piperidine rings is 1. The van der Waals surface area contributed by atoms with E-state index in [9.17, 15) is 13.2 Å². The minimum absolute atomic E-state index is 0.115. The molecule has 32 heavy (non-hydrogen) atoms. The molecule has 1 aliphatic rings. The molecule has 0 radical (unpaired) electrons. The molecule has 0 bridgehead atoms. The monoisotopic (exact) mass is 476 g/mol. The molecule has 7 nitrogen and oxygen atoms in total. The first kappa shape index (κ1) is 22.6. The zero-order valence-corrected chi connectivity index (χ0v) is 19.4. The normalized spacial score (nSPS) is 15.2. The van der Waals surface area contributed by atoms with Crippen molar-refractivity contribution in [3.05, 3.63) is 53.4 Å². The fraction of sp³-hybridized carbons (Fsp3) is 0.391. The van der Waals surface area contributed by atoms with Crippen LogP contribution in [0.4, 0.5) is 0 Å². The SMILES string of the molecule is CS(=O)(=O)c1ccc(OCCCC(=O)N2CCC(c3nc4cc(Cl)ccc4o3)CC2)cc1. The molecule has 1 saturated heterocycles. The molecule has 2 aromatic carbocycles. The van der Waals surface area contributed by atoms with Crippen LogP contribution in [0.3, 0.4) is 0 Å². The Kier molecular flexibility index (Phi) is 6.71. The molecule has 0 atom stereocenters. The van der Waals surface area contributed by atoms with Crippen molar-refractivity contribution >= 4 is 38.4 Å². The Morgan fingerprint density at radius 3 is 2.59 bits per heavy atom. The number of fused-ring (bicyclic) bond motifs is 1. The summed E-state index contributed by atoms with van der Waals surface area (Å²) >= 11 is 6.02. The van der Waals surface area contributed by atoms with E-state index in [1.807, 2.05) is 11.0 Å². The number of aromatic nitrogens is 1. The highest BCUT2D eigenvalue weighted by molar-refractivity contribution is 7.90. The van der Waals surface area contributed by atoms with Crippen LogP contribution in [-0.2, 0) is 14.6 Å². The molecule has 0 saturated carbocycles. The van der Waals surface area contributed by atoms with Crippen molar-refractivity contribution in [3.63, 3.8) is 0 Å². The molecular formula is C23H25ClN2O5S. The first-order chi connectivity index (χ1) is 15.3. The molecule has 1 amide bonds. The van der Waals surface area contributed by atoms with Crippen LogP contribution in [0.5, 0.6) is 5.75 Å². The van der Waals surface area contributed by atoms with Crippen LogP contribution in [-0.4, -0.2) is 50.2 Å². The van der Waals surface area contributed by atoms with E-state index in [1.54, 1.807) is 24.3 Å². The fourth-order valence-electron chi connectivity index (χ4n) is 3.82. The number of benzene rings is 2. The van der Waals surface area contributed by atoms with Gasteiger partial charge < -0.3 is 14.1 Å². The quantitative estimate of drug-likeness (QED) is 0.468. The van der Waals surface area contributed by atoms with Gasteiger partial charge in [-0.1, -0.05) is 11.6 Å². The van der Waals surface area contributed by atoms with Crippen molar-refractivity contribution < 1.29 is 22.4 Å². The molecule has 9 heteroatoms. The van der Waals surface area contributed by atoms with E-state index >= 15 is 0 Å². The van der Waals surface area contributed by atoms with Crippen molar-refractivity contribution in [2.45, 2.75) is 36.5 Å². The average molecular weight is 477 g/mol. The van der Waals surface area contributed by atoms with Crippen molar-refractivity contribution in [1.82, 2.24) is 9.88 Å². The van der Waals surface area contributed by atoms with Gasteiger partial charge in [-0.3, -0.25) is 4.79 Å². The molecule has 1 aromatic heterocycles. The van der Waals surface area contributed by atoms with Gasteiger partial charge in [-0.15, -0.1) is 0 Å². The molecule has 4 rings (SSSR count). The Morgan fingerprint density at radius 1 is 1.19 bits per heavy atom. The first-order valence-corrected chi connectivity index (χ1v) is 12.8. The lowest BCUT2D eigenvalue weighted by Gasteiger charge is -2.30. The second-order valence-electron chi connectivity index (χ2n) is 8.01. The van der Waals surface area contributed by atoms with Crippen LogP contribution in [0, 0.1) is 0 Å². The summed E-state index contributed by atoms with van der Waals surface area (Å²) in [6.07, 6.45) is 3.80. The average Bonchev–Trinajstić information content (AvgIpc) is 3.19. The Labute approximate surface area is 192 Å². The lowest BCUT2D eigenvalue weighted by molar-refractivity contribution is -0.132. The number of carbonyl (C=O) groups is 1. The van der Waals surface area contributed by atoms with Gasteiger partial charge in [0.05, 0.1) is 11.5 Å². The van der Waals surface area contributed by atoms with E-state index in [0.717, 1.165) is 23.9 Å². The molecule has 2 heterocycles. The number of ether oxygens (including phenoxy) is 1. The van der Waals surface area contributed by atoms with Gasteiger partial charge in [-0.2, -0.15) is 0 Å². The van der Waals surface area contributed by atoms with E-state index in [0.29, 0.717) is 49.2 Å². The minimum atomic E-state index is -3.22. The summed E-state index contributed by atoms with van der Waals surface area (Å²) in [7, 11) is -3.22. The smallest absolute Gasteiger partial charge is 0.222 e. The van der Waals surface area contributed by atoms with Gasteiger partial charge in [0, 0.05) is 36.7 Å². The zero-order chi connectivity index (χ0) is 22.7. The number of sulfone groups is 1. The van der Waals surface area contributed by atoms with Crippen molar-refractivity contribution in [2.75, 3.05) is 26.0 Å². The van der Waals surface area contributed by atoms with Crippen LogP contribution in [0.25, 0.3) is 11.1 Å². The number of hydrogen-bond donors (Lipinski definition) is 0. The Morgan fingerprint density at radius 2 is 1.91 bits per heavy atom. The number of amides is 1. The second-order valence-corrected chi connectivity index (χ2v) is 10.5. The van der Waals surface area contributed by atoms with Crippen LogP contribution in [0.15, 0.2) is 51.8 Å². The summed E-state index contributed by atoms with van der Waals surface area (Å²) in [5.41, 5.74) is 1.49. The second kappa shape index (κ2) is 9.50. The van der Waals surface area contributed by atoms with Gasteiger partial charge in [-0.25, -0.2) is 13.4 Å². The summed E-state index contributed by atoms with van der Waals surface area (Å²) in [6, 6.07) is 11.7. The maximum atomic E-state index is 12.5. The summed E-state index contributed by atoms with van der Waals surface area (Å²) in [5.74, 6) is 1.61. The Bertz CT molecular complexity index is 1200. The third-order valence-corrected chi connectivity index (χ3v) is 6.98. The van der Waals surface area contributed by atoms with Crippen molar-refractivity contribution in [1.29, 1.82) is 0 Å². The third kappa shape index (κ3) is 5.42. The molecule has 0 spiro atoms. The third-order valence-electron chi connectivity index (χ3n) is 5.62. The molecule has 1 aliphatic heterocycles. The molecule has 0 aliphatic carbocycles. The number of oxazole rings is 1. The number of rotatable bonds is 7. The first-order valence-electron chi connectivity index (χ1n) is 10.6. The lowest BCUT2D eigenvalue weighted by Crippen LogP contribution is -2.38. The maximum absolute atomic E-state index is 12.5. The van der Waals surface area contributed by atoms with Crippen molar-refractivity contribution in [2.24, 2.45) is 0 Å². The highest BCUT2D eigenvalue weighted by Gasteiger charge is 2.26. The van der Waals surface area contributed by atoms with Gasteiger partial charge in [0.2, 0.25) is 5.91 Å². The van der Waals surface area contributed by atoms with Gasteiger partial charge >= 0.3 is 0 Å². The van der Waals surface area contributed by atoms with Gasteiger partial charge in [0.15, 0.2) is 21.3 Å². The van der Waals surface area contributed by atoms with Crippen LogP contribution < -0.4 is 4.74 Å². The molecular weight excluding hydrogens is 452 g/mol. The highest BCUT2D eigenvalue weighted by Crippen LogP contribution is 2.31. The molecule has 0 unspecified atom stereocenters. The van der Waals surface area contributed by atoms with Crippen molar-refractivity contribution in [3.8, 4) is 5.75 Å². The number of carbonyl (C=O) groups excluding carboxylic acids is 1. The predicted octanol–water partition coefficient (Wildman–Crippen LogP) is 4.45. The molecule has 3 aromatic rings. The van der Waals surface area contributed by atoms with Gasteiger partial charge in [-0.05, 0) is 61.7 Å². The number of hydrogen-bond acceptors (Lipinski definition) is 6. The molecule has 1 fully saturated rings. The summed E-state index contributed by atoms with van der Waals surface area (Å²) in [6.45, 7) is 1.75. The predicted molar refractivity (Wildman–Crippen MR) is 122 cm³/mol. The van der Waals surface area contributed by atoms with E-state index in [4.69, 9.17) is 20.8 Å². The van der Waals surface area contributed by atoms with Crippen LogP contribution >= 0.6 is 11.6 Å². The number of nitrogens with zero attached hydrogens (tertiary/aromatic N) is 2.